The van der Waals surface area contributed by atoms with Crippen molar-refractivity contribution in [2.45, 2.75) is 20.0 Å². The van der Waals surface area contributed by atoms with Crippen LogP contribution in [-0.4, -0.2) is 26.9 Å². The third-order valence-electron chi connectivity index (χ3n) is 2.93. The Bertz CT molecular complexity index is 578. The minimum absolute atomic E-state index is 0.544. The van der Waals surface area contributed by atoms with Gasteiger partial charge < -0.3 is 5.73 Å². The lowest BCUT2D eigenvalue weighted by Gasteiger charge is -2.06. The fourth-order valence-corrected chi connectivity index (χ4v) is 2.27. The Labute approximate surface area is 93.3 Å². The molecule has 2 aromatic rings. The summed E-state index contributed by atoms with van der Waals surface area (Å²) >= 11 is 0. The normalized spacial score (nSPS) is 15.6. The zero-order valence-electron chi connectivity index (χ0n) is 9.36. The van der Waals surface area contributed by atoms with Gasteiger partial charge in [0, 0.05) is 19.3 Å². The lowest BCUT2D eigenvalue weighted by Crippen LogP contribution is -2.07. The Morgan fingerprint density at radius 3 is 2.94 bits per heavy atom. The topological polar surface area (TPSA) is 67.9 Å². The second kappa shape index (κ2) is 3.12. The quantitative estimate of drug-likeness (QED) is 0.706. The highest BCUT2D eigenvalue weighted by Crippen LogP contribution is 2.29. The smallest absolute Gasteiger partial charge is 0.165 e. The molecule has 0 fully saturated rings. The van der Waals surface area contributed by atoms with Crippen molar-refractivity contribution in [2.75, 3.05) is 12.8 Å². The van der Waals surface area contributed by atoms with Gasteiger partial charge in [-0.15, -0.1) is 0 Å². The molecule has 0 aliphatic carbocycles. The summed E-state index contributed by atoms with van der Waals surface area (Å²) in [6.45, 7) is 3.65. The fourth-order valence-electron chi connectivity index (χ4n) is 2.27. The molecule has 3 heterocycles. The molecule has 0 atom stereocenters. The van der Waals surface area contributed by atoms with Crippen molar-refractivity contribution >= 4 is 16.9 Å². The third kappa shape index (κ3) is 1.25. The SMILES string of the molecule is Cc1nc(N)c2c3c(cnc2n1)CN(C)C3. The second-order valence-corrected chi connectivity index (χ2v) is 4.29. The van der Waals surface area contributed by atoms with Crippen LogP contribution in [0, 0.1) is 6.92 Å². The molecule has 1 aliphatic rings. The number of aryl methyl sites for hydroxylation is 1. The standard InChI is InChI=1S/C11H13N5/c1-6-14-10(12)9-8-5-16(2)4-7(8)3-13-11(9)15-6/h3H,4-5H2,1-2H3,(H2,12,13,14,15). The highest BCUT2D eigenvalue weighted by molar-refractivity contribution is 5.89. The number of nitrogens with zero attached hydrogens (tertiary/aromatic N) is 4. The number of pyridine rings is 1. The zero-order valence-corrected chi connectivity index (χ0v) is 9.36. The van der Waals surface area contributed by atoms with E-state index in [0.717, 1.165) is 18.5 Å². The summed E-state index contributed by atoms with van der Waals surface area (Å²) in [5.41, 5.74) is 9.13. The van der Waals surface area contributed by atoms with Crippen LogP contribution < -0.4 is 5.73 Å². The van der Waals surface area contributed by atoms with Gasteiger partial charge in [-0.1, -0.05) is 0 Å². The number of nitrogen functional groups attached to an aromatic ring is 1. The lowest BCUT2D eigenvalue weighted by molar-refractivity contribution is 0.353. The van der Waals surface area contributed by atoms with Gasteiger partial charge in [0.1, 0.15) is 11.6 Å². The van der Waals surface area contributed by atoms with Crippen molar-refractivity contribution in [3.63, 3.8) is 0 Å². The van der Waals surface area contributed by atoms with Crippen LogP contribution in [0.1, 0.15) is 17.0 Å². The number of aromatic nitrogens is 3. The second-order valence-electron chi connectivity index (χ2n) is 4.29. The molecule has 2 N–H and O–H groups in total. The Balaban J connectivity index is 2.37. The van der Waals surface area contributed by atoms with Gasteiger partial charge in [0.25, 0.3) is 0 Å². The average Bonchev–Trinajstić information content (AvgIpc) is 2.56. The lowest BCUT2D eigenvalue weighted by atomic mass is 10.1. The van der Waals surface area contributed by atoms with E-state index in [9.17, 15) is 0 Å². The van der Waals surface area contributed by atoms with Gasteiger partial charge in [0.15, 0.2) is 5.65 Å². The van der Waals surface area contributed by atoms with Crippen LogP contribution in [0.2, 0.25) is 0 Å². The minimum Gasteiger partial charge on any atom is -0.383 e. The summed E-state index contributed by atoms with van der Waals surface area (Å²) in [5, 5.41) is 0.924. The molecular formula is C11H13N5. The Kier molecular flexibility index (Phi) is 1.85. The third-order valence-corrected chi connectivity index (χ3v) is 2.93. The summed E-state index contributed by atoms with van der Waals surface area (Å²) in [6, 6.07) is 0. The van der Waals surface area contributed by atoms with Gasteiger partial charge >= 0.3 is 0 Å². The van der Waals surface area contributed by atoms with Gasteiger partial charge in [0.2, 0.25) is 0 Å². The van der Waals surface area contributed by atoms with Crippen molar-refractivity contribution in [3.05, 3.63) is 23.1 Å². The van der Waals surface area contributed by atoms with E-state index in [-0.39, 0.29) is 0 Å². The molecule has 0 amide bonds. The predicted octanol–water partition coefficient (Wildman–Crippen LogP) is 0.861. The van der Waals surface area contributed by atoms with Gasteiger partial charge in [-0.25, -0.2) is 15.0 Å². The van der Waals surface area contributed by atoms with Crippen LogP contribution >= 0.6 is 0 Å². The summed E-state index contributed by atoms with van der Waals surface area (Å²) in [5.74, 6) is 1.21. The monoisotopic (exact) mass is 215 g/mol. The maximum atomic E-state index is 5.97. The highest BCUT2D eigenvalue weighted by atomic mass is 15.1. The molecule has 0 radical (unpaired) electrons. The van der Waals surface area contributed by atoms with Gasteiger partial charge in [-0.05, 0) is 25.1 Å². The maximum Gasteiger partial charge on any atom is 0.165 e. The van der Waals surface area contributed by atoms with E-state index >= 15 is 0 Å². The molecule has 1 aliphatic heterocycles. The van der Waals surface area contributed by atoms with Crippen molar-refractivity contribution < 1.29 is 0 Å². The number of hydrogen-bond acceptors (Lipinski definition) is 5. The first-order valence-electron chi connectivity index (χ1n) is 5.24. The van der Waals surface area contributed by atoms with Crippen LogP contribution in [-0.2, 0) is 13.1 Å². The summed E-state index contributed by atoms with van der Waals surface area (Å²) in [6.07, 6.45) is 1.90. The molecule has 0 unspecified atom stereocenters. The molecule has 16 heavy (non-hydrogen) atoms. The largest absolute Gasteiger partial charge is 0.383 e. The van der Waals surface area contributed by atoms with Crippen LogP contribution in [0.15, 0.2) is 6.20 Å². The van der Waals surface area contributed by atoms with E-state index in [4.69, 9.17) is 5.73 Å². The van der Waals surface area contributed by atoms with Crippen molar-refractivity contribution in [2.24, 2.45) is 0 Å². The molecule has 2 aromatic heterocycles. The molecule has 3 rings (SSSR count). The highest BCUT2D eigenvalue weighted by Gasteiger charge is 2.21. The summed E-state index contributed by atoms with van der Waals surface area (Å²) < 4.78 is 0. The Hall–Kier alpha value is -1.75. The van der Waals surface area contributed by atoms with E-state index in [0.29, 0.717) is 17.3 Å². The van der Waals surface area contributed by atoms with Crippen LogP contribution in [0.4, 0.5) is 5.82 Å². The van der Waals surface area contributed by atoms with Crippen LogP contribution in [0.25, 0.3) is 11.0 Å². The Morgan fingerprint density at radius 2 is 2.12 bits per heavy atom. The molecule has 0 saturated carbocycles. The average molecular weight is 215 g/mol. The van der Waals surface area contributed by atoms with Gasteiger partial charge in [-0.3, -0.25) is 4.90 Å². The number of fused-ring (bicyclic) bond motifs is 3. The molecule has 0 aromatic carbocycles. The van der Waals surface area contributed by atoms with E-state index < -0.39 is 0 Å². The number of rotatable bonds is 0. The van der Waals surface area contributed by atoms with E-state index in [1.54, 1.807) is 0 Å². The van der Waals surface area contributed by atoms with Crippen LogP contribution in [0.3, 0.4) is 0 Å². The molecule has 5 heteroatoms. The molecule has 0 bridgehead atoms. The molecule has 5 nitrogen and oxygen atoms in total. The van der Waals surface area contributed by atoms with Gasteiger partial charge in [0.05, 0.1) is 5.39 Å². The number of hydrogen-bond donors (Lipinski definition) is 1. The zero-order chi connectivity index (χ0) is 11.3. The van der Waals surface area contributed by atoms with Gasteiger partial charge in [-0.2, -0.15) is 0 Å². The number of nitrogens with two attached hydrogens (primary N) is 1. The van der Waals surface area contributed by atoms with E-state index in [2.05, 4.69) is 26.9 Å². The fraction of sp³-hybridized carbons (Fsp3) is 0.364. The van der Waals surface area contributed by atoms with Crippen molar-refractivity contribution in [1.82, 2.24) is 19.9 Å². The Morgan fingerprint density at radius 1 is 1.31 bits per heavy atom. The van der Waals surface area contributed by atoms with E-state index in [1.807, 2.05) is 13.1 Å². The molecule has 0 saturated heterocycles. The first-order valence-corrected chi connectivity index (χ1v) is 5.24. The number of anilines is 1. The molecular weight excluding hydrogens is 202 g/mol. The molecule has 82 valence electrons. The first-order chi connectivity index (χ1) is 7.65. The van der Waals surface area contributed by atoms with Crippen molar-refractivity contribution in [1.29, 1.82) is 0 Å². The predicted molar refractivity (Wildman–Crippen MR) is 61.7 cm³/mol. The minimum atomic E-state index is 0.544. The van der Waals surface area contributed by atoms with Crippen molar-refractivity contribution in [3.8, 4) is 0 Å². The summed E-state index contributed by atoms with van der Waals surface area (Å²) in [7, 11) is 2.08. The molecule has 0 spiro atoms. The maximum absolute atomic E-state index is 5.97. The van der Waals surface area contributed by atoms with E-state index in [1.165, 1.54) is 11.1 Å². The summed E-state index contributed by atoms with van der Waals surface area (Å²) in [4.78, 5) is 15.1. The first kappa shape index (κ1) is 9.47. The van der Waals surface area contributed by atoms with Crippen LogP contribution in [0.5, 0.6) is 0 Å².